The van der Waals surface area contributed by atoms with Crippen LogP contribution in [0.15, 0.2) is 36.7 Å². The summed E-state index contributed by atoms with van der Waals surface area (Å²) in [5, 5.41) is 17.5. The molecule has 1 aliphatic rings. The Bertz CT molecular complexity index is 972. The molecule has 1 aliphatic heterocycles. The van der Waals surface area contributed by atoms with Crippen LogP contribution in [0.25, 0.3) is 10.9 Å². The molecule has 0 saturated carbocycles. The maximum absolute atomic E-state index is 12.6. The van der Waals surface area contributed by atoms with Crippen LogP contribution in [-0.2, 0) is 24.2 Å². The number of carboxylic acids is 1. The molecule has 1 atom stereocenters. The van der Waals surface area contributed by atoms with Crippen LogP contribution in [0, 0.1) is 0 Å². The number of rotatable bonds is 5. The Hall–Kier alpha value is -3.09. The van der Waals surface area contributed by atoms with Gasteiger partial charge in [0.15, 0.2) is 0 Å². The molecule has 7 nitrogen and oxygen atoms in total. The highest BCUT2D eigenvalue weighted by Gasteiger charge is 2.26. The summed E-state index contributed by atoms with van der Waals surface area (Å²) in [6.07, 6.45) is 6.42. The van der Waals surface area contributed by atoms with Crippen molar-refractivity contribution in [2.45, 2.75) is 38.3 Å². The van der Waals surface area contributed by atoms with Gasteiger partial charge in [0, 0.05) is 30.1 Å². The first-order valence-electron chi connectivity index (χ1n) is 8.77. The predicted molar refractivity (Wildman–Crippen MR) is 96.1 cm³/mol. The fourth-order valence-corrected chi connectivity index (χ4v) is 3.57. The quantitative estimate of drug-likeness (QED) is 0.655. The molecule has 0 saturated heterocycles. The number of benzene rings is 1. The zero-order valence-corrected chi connectivity index (χ0v) is 14.2. The van der Waals surface area contributed by atoms with Gasteiger partial charge < -0.3 is 15.4 Å². The first-order valence-corrected chi connectivity index (χ1v) is 8.77. The third kappa shape index (κ3) is 2.96. The number of fused-ring (bicyclic) bond motifs is 2. The molecule has 1 amide bonds. The topological polar surface area (TPSA) is 100 Å². The zero-order chi connectivity index (χ0) is 18.1. The number of para-hydroxylation sites is 1. The fraction of sp³-hybridized carbons (Fsp3) is 0.316. The highest BCUT2D eigenvalue weighted by molar-refractivity contribution is 5.97. The van der Waals surface area contributed by atoms with Gasteiger partial charge in [0.05, 0.1) is 17.5 Å². The third-order valence-electron chi connectivity index (χ3n) is 4.93. The number of hydrogen-bond acceptors (Lipinski definition) is 3. The van der Waals surface area contributed by atoms with Crippen molar-refractivity contribution >= 4 is 22.8 Å². The summed E-state index contributed by atoms with van der Waals surface area (Å²) >= 11 is 0. The third-order valence-corrected chi connectivity index (χ3v) is 4.93. The highest BCUT2D eigenvalue weighted by atomic mass is 16.4. The Morgan fingerprint density at radius 1 is 1.31 bits per heavy atom. The number of nitrogens with one attached hydrogen (secondary N) is 2. The van der Waals surface area contributed by atoms with Crippen molar-refractivity contribution < 1.29 is 14.7 Å². The molecule has 0 fully saturated rings. The number of carbonyl (C=O) groups excluding carboxylic acids is 1. The van der Waals surface area contributed by atoms with E-state index in [0.29, 0.717) is 5.56 Å². The van der Waals surface area contributed by atoms with E-state index in [1.165, 1.54) is 0 Å². The highest BCUT2D eigenvalue weighted by Crippen LogP contribution is 2.20. The number of aryl methyl sites for hydroxylation is 1. The Balaban J connectivity index is 1.55. The van der Waals surface area contributed by atoms with Crippen LogP contribution < -0.4 is 5.32 Å². The van der Waals surface area contributed by atoms with E-state index in [1.807, 2.05) is 28.9 Å². The molecule has 0 aliphatic carbocycles. The molecule has 0 radical (unpaired) electrons. The summed E-state index contributed by atoms with van der Waals surface area (Å²) in [5.41, 5.74) is 3.19. The zero-order valence-electron chi connectivity index (χ0n) is 14.2. The number of carboxylic acid groups (broad SMARTS) is 1. The number of amides is 1. The number of H-pyrrole nitrogens is 1. The van der Waals surface area contributed by atoms with Crippen LogP contribution in [0.4, 0.5) is 0 Å². The molecule has 26 heavy (non-hydrogen) atoms. The Morgan fingerprint density at radius 3 is 3.00 bits per heavy atom. The fourth-order valence-electron chi connectivity index (χ4n) is 3.57. The van der Waals surface area contributed by atoms with Crippen LogP contribution in [0.3, 0.4) is 0 Å². The van der Waals surface area contributed by atoms with E-state index >= 15 is 0 Å². The number of aromatic amines is 1. The summed E-state index contributed by atoms with van der Waals surface area (Å²) in [6, 6.07) is 6.71. The number of nitrogens with zero attached hydrogens (tertiary/aromatic N) is 2. The van der Waals surface area contributed by atoms with Crippen molar-refractivity contribution in [3.05, 3.63) is 53.5 Å². The van der Waals surface area contributed by atoms with Crippen molar-refractivity contribution in [2.24, 2.45) is 0 Å². The SMILES string of the molecule is O=C(NC(Cc1c[nH]c2ccccc12)C(=O)O)c1cnn2c1CCCC2. The minimum atomic E-state index is -1.05. The molecule has 4 rings (SSSR count). The molecule has 0 spiro atoms. The summed E-state index contributed by atoms with van der Waals surface area (Å²) in [5.74, 6) is -1.43. The normalized spacial score (nSPS) is 14.8. The molecule has 3 N–H and O–H groups in total. The van der Waals surface area contributed by atoms with Gasteiger partial charge in [-0.25, -0.2) is 4.79 Å². The van der Waals surface area contributed by atoms with Gasteiger partial charge in [0.1, 0.15) is 6.04 Å². The van der Waals surface area contributed by atoms with Crippen molar-refractivity contribution in [1.82, 2.24) is 20.1 Å². The Kier molecular flexibility index (Phi) is 4.20. The molecule has 1 unspecified atom stereocenters. The minimum Gasteiger partial charge on any atom is -0.480 e. The first kappa shape index (κ1) is 16.4. The van der Waals surface area contributed by atoms with Gasteiger partial charge in [0.2, 0.25) is 0 Å². The van der Waals surface area contributed by atoms with Gasteiger partial charge in [-0.05, 0) is 30.9 Å². The number of hydrogen-bond donors (Lipinski definition) is 3. The van der Waals surface area contributed by atoms with Crippen LogP contribution in [0.1, 0.15) is 34.5 Å². The van der Waals surface area contributed by atoms with E-state index in [4.69, 9.17) is 0 Å². The van der Waals surface area contributed by atoms with Gasteiger partial charge in [-0.1, -0.05) is 18.2 Å². The van der Waals surface area contributed by atoms with Crippen LogP contribution >= 0.6 is 0 Å². The van der Waals surface area contributed by atoms with E-state index in [0.717, 1.165) is 48.0 Å². The maximum Gasteiger partial charge on any atom is 0.326 e. The second-order valence-electron chi connectivity index (χ2n) is 6.61. The molecular weight excluding hydrogens is 332 g/mol. The van der Waals surface area contributed by atoms with Gasteiger partial charge in [-0.3, -0.25) is 9.48 Å². The summed E-state index contributed by atoms with van der Waals surface area (Å²) in [4.78, 5) is 27.5. The molecular formula is C19H20N4O3. The average Bonchev–Trinajstić information content (AvgIpc) is 3.25. The van der Waals surface area contributed by atoms with Gasteiger partial charge in [-0.2, -0.15) is 5.10 Å². The Morgan fingerprint density at radius 2 is 2.15 bits per heavy atom. The lowest BCUT2D eigenvalue weighted by atomic mass is 10.0. The van der Waals surface area contributed by atoms with E-state index in [9.17, 15) is 14.7 Å². The smallest absolute Gasteiger partial charge is 0.326 e. The van der Waals surface area contributed by atoms with Gasteiger partial charge >= 0.3 is 5.97 Å². The molecule has 0 bridgehead atoms. The predicted octanol–water partition coefficient (Wildman–Crippen LogP) is 2.13. The van der Waals surface area contributed by atoms with Crippen LogP contribution in [-0.4, -0.2) is 37.8 Å². The standard InChI is InChI=1S/C19H20N4O3/c24-18(14-11-21-23-8-4-3-7-17(14)23)22-16(19(25)26)9-12-10-20-15-6-2-1-5-13(12)15/h1-2,5-6,10-11,16,20H,3-4,7-9H2,(H,22,24)(H,25,26). The van der Waals surface area contributed by atoms with E-state index < -0.39 is 12.0 Å². The number of carbonyl (C=O) groups is 2. The molecule has 3 aromatic rings. The maximum atomic E-state index is 12.6. The van der Waals surface area contributed by atoms with Crippen molar-refractivity contribution in [3.63, 3.8) is 0 Å². The monoisotopic (exact) mass is 352 g/mol. The van der Waals surface area contributed by atoms with Crippen LogP contribution in [0.5, 0.6) is 0 Å². The van der Waals surface area contributed by atoms with E-state index in [1.54, 1.807) is 12.4 Å². The molecule has 3 heterocycles. The van der Waals surface area contributed by atoms with E-state index in [2.05, 4.69) is 15.4 Å². The molecule has 1 aromatic carbocycles. The van der Waals surface area contributed by atoms with Crippen molar-refractivity contribution in [2.75, 3.05) is 0 Å². The summed E-state index contributed by atoms with van der Waals surface area (Å²) in [7, 11) is 0. The lowest BCUT2D eigenvalue weighted by Gasteiger charge is -2.17. The minimum absolute atomic E-state index is 0.217. The lowest BCUT2D eigenvalue weighted by molar-refractivity contribution is -0.139. The second kappa shape index (κ2) is 6.67. The summed E-state index contributed by atoms with van der Waals surface area (Å²) in [6.45, 7) is 0.806. The number of aromatic nitrogens is 3. The second-order valence-corrected chi connectivity index (χ2v) is 6.61. The largest absolute Gasteiger partial charge is 0.480 e. The van der Waals surface area contributed by atoms with Crippen molar-refractivity contribution in [3.8, 4) is 0 Å². The first-order chi connectivity index (χ1) is 12.6. The van der Waals surface area contributed by atoms with E-state index in [-0.39, 0.29) is 12.3 Å². The van der Waals surface area contributed by atoms with Crippen LogP contribution in [0.2, 0.25) is 0 Å². The van der Waals surface area contributed by atoms with Gasteiger partial charge in [-0.15, -0.1) is 0 Å². The average molecular weight is 352 g/mol. The molecule has 2 aromatic heterocycles. The molecule has 134 valence electrons. The number of aliphatic carboxylic acids is 1. The summed E-state index contributed by atoms with van der Waals surface area (Å²) < 4.78 is 1.84. The van der Waals surface area contributed by atoms with Crippen molar-refractivity contribution in [1.29, 1.82) is 0 Å². The molecule has 7 heteroatoms. The van der Waals surface area contributed by atoms with Gasteiger partial charge in [0.25, 0.3) is 5.91 Å². The lowest BCUT2D eigenvalue weighted by Crippen LogP contribution is -2.42. The Labute approximate surface area is 150 Å².